The lowest BCUT2D eigenvalue weighted by molar-refractivity contribution is 0.129. The molecule has 0 spiro atoms. The van der Waals surface area contributed by atoms with Crippen LogP contribution in [0.1, 0.15) is 18.9 Å². The van der Waals surface area contributed by atoms with Crippen LogP contribution in [0.25, 0.3) is 21.8 Å². The van der Waals surface area contributed by atoms with Gasteiger partial charge in [-0.3, -0.25) is 4.90 Å². The van der Waals surface area contributed by atoms with E-state index in [9.17, 15) is 8.42 Å². The number of aromatic amines is 1. The number of thiophene rings is 1. The number of aromatic nitrogens is 4. The molecule has 156 valence electrons. The number of piperazine rings is 1. The van der Waals surface area contributed by atoms with E-state index in [1.807, 2.05) is 24.4 Å². The fourth-order valence-electron chi connectivity index (χ4n) is 3.67. The van der Waals surface area contributed by atoms with Gasteiger partial charge in [0, 0.05) is 44.0 Å². The summed E-state index contributed by atoms with van der Waals surface area (Å²) in [6, 6.07) is 7.30. The molecule has 9 nitrogen and oxygen atoms in total. The molecule has 0 radical (unpaired) electrons. The van der Waals surface area contributed by atoms with Gasteiger partial charge < -0.3 is 9.40 Å². The molecule has 1 fully saturated rings. The van der Waals surface area contributed by atoms with Crippen LogP contribution in [0.4, 0.5) is 0 Å². The maximum Gasteiger partial charge on any atom is 0.257 e. The number of fused-ring (bicyclic) bond motifs is 1. The van der Waals surface area contributed by atoms with E-state index in [0.717, 1.165) is 4.88 Å². The Bertz CT molecular complexity index is 1260. The molecule has 0 saturated carbocycles. The Morgan fingerprint density at radius 3 is 2.77 bits per heavy atom. The summed E-state index contributed by atoms with van der Waals surface area (Å²) in [6.45, 7) is 3.95. The van der Waals surface area contributed by atoms with E-state index >= 15 is 0 Å². The average Bonchev–Trinajstić information content (AvgIpc) is 3.53. The largest absolute Gasteiger partial charge is 0.418 e. The molecule has 1 saturated heterocycles. The zero-order valence-corrected chi connectivity index (χ0v) is 17.9. The Balaban J connectivity index is 1.29. The highest BCUT2D eigenvalue weighted by Crippen LogP contribution is 2.29. The van der Waals surface area contributed by atoms with E-state index in [-0.39, 0.29) is 10.9 Å². The molecule has 30 heavy (non-hydrogen) atoms. The number of rotatable bonds is 5. The number of H-pyrrole nitrogens is 1. The second-order valence-electron chi connectivity index (χ2n) is 7.09. The van der Waals surface area contributed by atoms with Crippen molar-refractivity contribution < 1.29 is 12.8 Å². The van der Waals surface area contributed by atoms with Gasteiger partial charge >= 0.3 is 0 Å². The molecule has 1 aliphatic heterocycles. The summed E-state index contributed by atoms with van der Waals surface area (Å²) in [5.41, 5.74) is 0.571. The van der Waals surface area contributed by atoms with Crippen molar-refractivity contribution in [2.45, 2.75) is 17.9 Å². The van der Waals surface area contributed by atoms with Gasteiger partial charge in [0.25, 0.3) is 5.89 Å². The summed E-state index contributed by atoms with van der Waals surface area (Å²) in [5.74, 6) is 1.05. The van der Waals surface area contributed by atoms with Crippen LogP contribution < -0.4 is 0 Å². The van der Waals surface area contributed by atoms with Crippen LogP contribution in [-0.2, 0) is 10.0 Å². The Labute approximate surface area is 177 Å². The zero-order valence-electron chi connectivity index (χ0n) is 16.2. The summed E-state index contributed by atoms with van der Waals surface area (Å²) in [6.07, 6.45) is 3.16. The van der Waals surface area contributed by atoms with Gasteiger partial charge in [-0.15, -0.1) is 21.5 Å². The third-order valence-corrected chi connectivity index (χ3v) is 8.18. The summed E-state index contributed by atoms with van der Waals surface area (Å²) in [7, 11) is -3.60. The molecule has 1 atom stereocenters. The molecule has 0 amide bonds. The predicted molar refractivity (Wildman–Crippen MR) is 112 cm³/mol. The van der Waals surface area contributed by atoms with Crippen LogP contribution in [0.15, 0.2) is 51.4 Å². The molecule has 0 bridgehead atoms. The van der Waals surface area contributed by atoms with E-state index in [1.165, 1.54) is 10.5 Å². The number of nitrogens with one attached hydrogen (secondary N) is 1. The maximum absolute atomic E-state index is 13.2. The van der Waals surface area contributed by atoms with Gasteiger partial charge in [0.2, 0.25) is 15.9 Å². The first-order valence-corrected chi connectivity index (χ1v) is 11.9. The second-order valence-corrected chi connectivity index (χ2v) is 9.95. The van der Waals surface area contributed by atoms with Gasteiger partial charge in [0.05, 0.1) is 10.9 Å². The highest BCUT2D eigenvalue weighted by molar-refractivity contribution is 7.89. The fraction of sp³-hybridized carbons (Fsp3) is 0.316. The highest BCUT2D eigenvalue weighted by Gasteiger charge is 2.33. The molecule has 11 heteroatoms. The van der Waals surface area contributed by atoms with Crippen LogP contribution in [-0.4, -0.2) is 64.0 Å². The highest BCUT2D eigenvalue weighted by atomic mass is 32.2. The normalized spacial score (nSPS) is 17.5. The topological polar surface area (TPSA) is 108 Å². The summed E-state index contributed by atoms with van der Waals surface area (Å²) >= 11 is 1.55. The minimum atomic E-state index is -3.60. The summed E-state index contributed by atoms with van der Waals surface area (Å²) < 4.78 is 33.7. The minimum absolute atomic E-state index is 0.0895. The number of hydrogen-bond donors (Lipinski definition) is 1. The monoisotopic (exact) mass is 444 g/mol. The quantitative estimate of drug-likeness (QED) is 0.504. The van der Waals surface area contributed by atoms with Crippen LogP contribution in [0.2, 0.25) is 0 Å². The summed E-state index contributed by atoms with van der Waals surface area (Å²) in [4.78, 5) is 10.5. The van der Waals surface area contributed by atoms with E-state index in [2.05, 4.69) is 25.1 Å². The van der Waals surface area contributed by atoms with Gasteiger partial charge in [0.15, 0.2) is 0 Å². The van der Waals surface area contributed by atoms with Gasteiger partial charge in [0.1, 0.15) is 10.5 Å². The SMILES string of the molecule is CC(c1nnc(-c2cccs2)o1)N1CCN(S(=O)(=O)c2c[nH]c3ncccc23)CC1. The lowest BCUT2D eigenvalue weighted by Gasteiger charge is -2.36. The molecule has 0 aliphatic carbocycles. The van der Waals surface area contributed by atoms with Crippen molar-refractivity contribution in [1.29, 1.82) is 0 Å². The van der Waals surface area contributed by atoms with E-state index in [4.69, 9.17) is 4.42 Å². The lowest BCUT2D eigenvalue weighted by Crippen LogP contribution is -2.49. The van der Waals surface area contributed by atoms with Crippen LogP contribution in [0, 0.1) is 0 Å². The van der Waals surface area contributed by atoms with Crippen LogP contribution >= 0.6 is 11.3 Å². The minimum Gasteiger partial charge on any atom is -0.418 e. The van der Waals surface area contributed by atoms with Crippen molar-refractivity contribution in [3.8, 4) is 10.8 Å². The molecule has 5 heterocycles. The molecule has 0 aromatic carbocycles. The number of nitrogens with zero attached hydrogens (tertiary/aromatic N) is 5. The molecule has 1 unspecified atom stereocenters. The Hall–Kier alpha value is -2.60. The number of pyridine rings is 1. The zero-order chi connectivity index (χ0) is 20.7. The van der Waals surface area contributed by atoms with Crippen LogP contribution in [0.3, 0.4) is 0 Å². The van der Waals surface area contributed by atoms with Crippen molar-refractivity contribution in [3.05, 3.63) is 47.9 Å². The van der Waals surface area contributed by atoms with Gasteiger partial charge in [-0.25, -0.2) is 13.4 Å². The first kappa shape index (κ1) is 19.4. The van der Waals surface area contributed by atoms with E-state index in [1.54, 1.807) is 29.7 Å². The molecular weight excluding hydrogens is 424 g/mol. The summed E-state index contributed by atoms with van der Waals surface area (Å²) in [5, 5.41) is 10.9. The van der Waals surface area contributed by atoms with Crippen molar-refractivity contribution in [3.63, 3.8) is 0 Å². The van der Waals surface area contributed by atoms with Crippen molar-refractivity contribution >= 4 is 32.4 Å². The Kier molecular flexibility index (Phi) is 4.89. The molecule has 1 N–H and O–H groups in total. The van der Waals surface area contributed by atoms with Crippen molar-refractivity contribution in [2.75, 3.05) is 26.2 Å². The number of hydrogen-bond acceptors (Lipinski definition) is 8. The van der Waals surface area contributed by atoms with Gasteiger partial charge in [-0.05, 0) is 30.5 Å². The van der Waals surface area contributed by atoms with E-state index in [0.29, 0.717) is 49.0 Å². The fourth-order valence-corrected chi connectivity index (χ4v) is 5.89. The predicted octanol–water partition coefficient (Wildman–Crippen LogP) is 2.74. The maximum atomic E-state index is 13.2. The molecule has 5 rings (SSSR count). The molecular formula is C19H20N6O3S2. The first-order valence-electron chi connectivity index (χ1n) is 9.57. The molecule has 1 aliphatic rings. The molecule has 4 aromatic rings. The average molecular weight is 445 g/mol. The van der Waals surface area contributed by atoms with Crippen molar-refractivity contribution in [2.24, 2.45) is 0 Å². The second kappa shape index (κ2) is 7.58. The Morgan fingerprint density at radius 1 is 1.17 bits per heavy atom. The van der Waals surface area contributed by atoms with Crippen LogP contribution in [0.5, 0.6) is 0 Å². The molecule has 4 aromatic heterocycles. The van der Waals surface area contributed by atoms with Gasteiger partial charge in [-0.2, -0.15) is 4.31 Å². The number of sulfonamides is 1. The smallest absolute Gasteiger partial charge is 0.257 e. The third kappa shape index (κ3) is 3.33. The third-order valence-electron chi connectivity index (χ3n) is 5.38. The van der Waals surface area contributed by atoms with Crippen molar-refractivity contribution in [1.82, 2.24) is 29.4 Å². The van der Waals surface area contributed by atoms with Gasteiger partial charge in [-0.1, -0.05) is 6.07 Å². The first-order chi connectivity index (χ1) is 14.5. The lowest BCUT2D eigenvalue weighted by atomic mass is 10.2. The van der Waals surface area contributed by atoms with E-state index < -0.39 is 10.0 Å². The standard InChI is InChI=1S/C19H20N6O3S2/c1-13(18-22-23-19(28-18)15-5-3-11-29-15)24-7-9-25(10-8-24)30(26,27)16-12-21-17-14(16)4-2-6-20-17/h2-6,11-13H,7-10H2,1H3,(H,20,21). The Morgan fingerprint density at radius 2 is 2.00 bits per heavy atom.